The molecule has 0 bridgehead atoms. The number of hydrogen-bond donors (Lipinski definition) is 3. The summed E-state index contributed by atoms with van der Waals surface area (Å²) in [5.41, 5.74) is 7.71. The summed E-state index contributed by atoms with van der Waals surface area (Å²) in [5, 5.41) is 10.3. The Bertz CT molecular complexity index is 1200. The van der Waals surface area contributed by atoms with Crippen molar-refractivity contribution in [3.8, 4) is 0 Å². The van der Waals surface area contributed by atoms with Crippen molar-refractivity contribution in [3.05, 3.63) is 53.5 Å². The van der Waals surface area contributed by atoms with Gasteiger partial charge in [-0.25, -0.2) is 14.2 Å². The number of primary amides is 1. The summed E-state index contributed by atoms with van der Waals surface area (Å²) in [5.74, 6) is 0.891. The minimum absolute atomic E-state index is 0.0490. The molecule has 2 atom stereocenters. The highest BCUT2D eigenvalue weighted by atomic mass is 19.1. The van der Waals surface area contributed by atoms with E-state index in [4.69, 9.17) is 5.73 Å². The minimum Gasteiger partial charge on any atom is -0.356 e. The Morgan fingerprint density at radius 3 is 2.58 bits per heavy atom. The Morgan fingerprint density at radius 2 is 1.88 bits per heavy atom. The number of carbonyl (C=O) groups is 2. The Kier molecular flexibility index (Phi) is 5.35. The van der Waals surface area contributed by atoms with Gasteiger partial charge in [0.2, 0.25) is 5.91 Å². The van der Waals surface area contributed by atoms with Gasteiger partial charge >= 0.3 is 6.03 Å². The lowest BCUT2D eigenvalue weighted by Gasteiger charge is -2.33. The first-order valence-corrected chi connectivity index (χ1v) is 11.1. The van der Waals surface area contributed by atoms with Gasteiger partial charge in [0.15, 0.2) is 5.65 Å². The highest BCUT2D eigenvalue weighted by Crippen LogP contribution is 2.48. The first kappa shape index (κ1) is 21.2. The molecule has 3 amide bonds. The quantitative estimate of drug-likeness (QED) is 0.551. The van der Waals surface area contributed by atoms with E-state index in [9.17, 15) is 14.0 Å². The smallest absolute Gasteiger partial charge is 0.312 e. The van der Waals surface area contributed by atoms with Crippen molar-refractivity contribution in [1.29, 1.82) is 0 Å². The average molecular weight is 452 g/mol. The van der Waals surface area contributed by atoms with Crippen molar-refractivity contribution in [3.63, 3.8) is 0 Å². The zero-order valence-electron chi connectivity index (χ0n) is 18.3. The third-order valence-electron chi connectivity index (χ3n) is 6.37. The molecular formula is C23H26FN7O2. The third kappa shape index (κ3) is 4.46. The van der Waals surface area contributed by atoms with Crippen LogP contribution in [-0.2, 0) is 4.79 Å². The van der Waals surface area contributed by atoms with Crippen molar-refractivity contribution in [2.75, 3.05) is 23.3 Å². The fourth-order valence-electron chi connectivity index (χ4n) is 4.60. The maximum Gasteiger partial charge on any atom is 0.312 e. The molecule has 2 aliphatic rings. The van der Waals surface area contributed by atoms with Crippen LogP contribution in [0.25, 0.3) is 5.65 Å². The summed E-state index contributed by atoms with van der Waals surface area (Å²) in [6.07, 6.45) is 2.25. The van der Waals surface area contributed by atoms with Crippen LogP contribution in [0.1, 0.15) is 36.4 Å². The number of nitrogens with zero attached hydrogens (tertiary/aromatic N) is 4. The lowest BCUT2D eigenvalue weighted by atomic mass is 10.1. The van der Waals surface area contributed by atoms with E-state index in [2.05, 4.69) is 25.6 Å². The number of piperidine rings is 1. The molecule has 10 heteroatoms. The molecule has 0 radical (unpaired) electrons. The van der Waals surface area contributed by atoms with Gasteiger partial charge in [0, 0.05) is 37.2 Å². The van der Waals surface area contributed by atoms with E-state index >= 15 is 0 Å². The highest BCUT2D eigenvalue weighted by molar-refractivity contribution is 5.95. The topological polar surface area (TPSA) is 118 Å². The minimum atomic E-state index is -0.508. The monoisotopic (exact) mass is 451 g/mol. The normalized spacial score (nSPS) is 20.6. The number of rotatable bonds is 5. The molecule has 2 aromatic heterocycles. The zero-order valence-corrected chi connectivity index (χ0v) is 18.3. The number of amides is 3. The summed E-state index contributed by atoms with van der Waals surface area (Å²) in [6, 6.07) is 9.58. The third-order valence-corrected chi connectivity index (χ3v) is 6.37. The Labute approximate surface area is 190 Å². The fourth-order valence-corrected chi connectivity index (χ4v) is 4.60. The van der Waals surface area contributed by atoms with Crippen LogP contribution < -0.4 is 21.3 Å². The highest BCUT2D eigenvalue weighted by Gasteiger charge is 2.44. The molecular weight excluding hydrogens is 425 g/mol. The number of benzene rings is 1. The number of aryl methyl sites for hydroxylation is 1. The molecule has 3 aromatic rings. The van der Waals surface area contributed by atoms with Crippen LogP contribution in [0.2, 0.25) is 0 Å². The van der Waals surface area contributed by atoms with E-state index in [0.717, 1.165) is 36.3 Å². The van der Waals surface area contributed by atoms with E-state index in [1.807, 2.05) is 19.1 Å². The Hall–Kier alpha value is -3.69. The van der Waals surface area contributed by atoms with Gasteiger partial charge in [0.05, 0.1) is 5.69 Å². The van der Waals surface area contributed by atoms with Gasteiger partial charge in [-0.05, 0) is 49.8 Å². The van der Waals surface area contributed by atoms with Gasteiger partial charge in [0.25, 0.3) is 0 Å². The molecule has 1 aromatic carbocycles. The summed E-state index contributed by atoms with van der Waals surface area (Å²) >= 11 is 0. The van der Waals surface area contributed by atoms with Crippen LogP contribution in [0.3, 0.4) is 0 Å². The maximum atomic E-state index is 13.2. The van der Waals surface area contributed by atoms with E-state index < -0.39 is 6.03 Å². The molecule has 5 rings (SSSR count). The number of aromatic nitrogens is 3. The summed E-state index contributed by atoms with van der Waals surface area (Å²) in [6.45, 7) is 3.33. The fraction of sp³-hybridized carbons (Fsp3) is 0.391. The van der Waals surface area contributed by atoms with Crippen LogP contribution in [0.15, 0.2) is 36.4 Å². The van der Waals surface area contributed by atoms with E-state index in [1.54, 1.807) is 16.6 Å². The lowest BCUT2D eigenvalue weighted by molar-refractivity contribution is -0.117. The van der Waals surface area contributed by atoms with Crippen molar-refractivity contribution in [2.24, 2.45) is 11.7 Å². The number of carbonyl (C=O) groups excluding carboxylic acids is 2. The number of fused-ring (bicyclic) bond motifs is 1. The molecule has 0 spiro atoms. The number of nitrogens with one attached hydrogen (secondary N) is 2. The SMILES string of the molecule is Cc1cc2nc(NC(=O)[C@@H]3C[C@H]3c3ccc(F)cc3)cc(N3CCC(NC(N)=O)CC3)n2n1. The van der Waals surface area contributed by atoms with Crippen molar-refractivity contribution in [1.82, 2.24) is 19.9 Å². The van der Waals surface area contributed by atoms with E-state index in [-0.39, 0.29) is 29.6 Å². The van der Waals surface area contributed by atoms with Gasteiger partial charge in [-0.15, -0.1) is 0 Å². The second-order valence-electron chi connectivity index (χ2n) is 8.81. The van der Waals surface area contributed by atoms with Gasteiger partial charge in [-0.3, -0.25) is 4.79 Å². The maximum absolute atomic E-state index is 13.2. The molecule has 172 valence electrons. The Balaban J connectivity index is 1.33. The van der Waals surface area contributed by atoms with E-state index in [0.29, 0.717) is 24.6 Å². The first-order chi connectivity index (χ1) is 15.9. The van der Waals surface area contributed by atoms with Crippen molar-refractivity contribution in [2.45, 2.75) is 38.1 Å². The van der Waals surface area contributed by atoms with Crippen molar-refractivity contribution >= 4 is 29.2 Å². The van der Waals surface area contributed by atoms with E-state index in [1.165, 1.54) is 12.1 Å². The first-order valence-electron chi connectivity index (χ1n) is 11.1. The second-order valence-corrected chi connectivity index (χ2v) is 8.81. The zero-order chi connectivity index (χ0) is 23.1. The van der Waals surface area contributed by atoms with Crippen LogP contribution in [0.4, 0.5) is 20.8 Å². The van der Waals surface area contributed by atoms with Crippen LogP contribution in [0.5, 0.6) is 0 Å². The number of urea groups is 1. The molecule has 3 heterocycles. The number of anilines is 2. The number of nitrogens with two attached hydrogens (primary N) is 1. The molecule has 1 saturated heterocycles. The summed E-state index contributed by atoms with van der Waals surface area (Å²) in [4.78, 5) is 30.8. The molecule has 33 heavy (non-hydrogen) atoms. The van der Waals surface area contributed by atoms with Gasteiger partial charge in [-0.1, -0.05) is 12.1 Å². The second kappa shape index (κ2) is 8.34. The van der Waals surface area contributed by atoms with Crippen LogP contribution in [-0.4, -0.2) is 45.7 Å². The molecule has 9 nitrogen and oxygen atoms in total. The lowest BCUT2D eigenvalue weighted by Crippen LogP contribution is -2.46. The Morgan fingerprint density at radius 1 is 1.15 bits per heavy atom. The molecule has 0 unspecified atom stereocenters. The predicted octanol–water partition coefficient (Wildman–Crippen LogP) is 2.56. The average Bonchev–Trinajstić information content (AvgIpc) is 3.49. The molecule has 1 aliphatic carbocycles. The molecule has 1 aliphatic heterocycles. The van der Waals surface area contributed by atoms with Gasteiger partial charge in [0.1, 0.15) is 17.5 Å². The number of hydrogen-bond acceptors (Lipinski definition) is 5. The standard InChI is InChI=1S/C23H26FN7O2/c1-13-10-20-27-19(28-22(32)18-11-17(18)14-2-4-15(24)5-3-14)12-21(31(20)29-13)30-8-6-16(7-9-30)26-23(25)33/h2-5,10,12,16-18H,6-9,11H2,1H3,(H3,25,26,33)(H,27,28,32)/t17-,18+/m0/s1. The van der Waals surface area contributed by atoms with Crippen molar-refractivity contribution < 1.29 is 14.0 Å². The molecule has 4 N–H and O–H groups in total. The van der Waals surface area contributed by atoms with Crippen LogP contribution in [0, 0.1) is 18.7 Å². The molecule has 1 saturated carbocycles. The predicted molar refractivity (Wildman–Crippen MR) is 122 cm³/mol. The summed E-state index contributed by atoms with van der Waals surface area (Å²) < 4.78 is 15.0. The van der Waals surface area contributed by atoms with Gasteiger partial charge in [-0.2, -0.15) is 9.61 Å². The van der Waals surface area contributed by atoms with Crippen LogP contribution >= 0.6 is 0 Å². The largest absolute Gasteiger partial charge is 0.356 e. The number of halogens is 1. The summed E-state index contributed by atoms with van der Waals surface area (Å²) in [7, 11) is 0. The molecule has 2 fully saturated rings. The van der Waals surface area contributed by atoms with Gasteiger partial charge < -0.3 is 21.3 Å².